The molecule has 1 fully saturated rings. The summed E-state index contributed by atoms with van der Waals surface area (Å²) in [6, 6.07) is 20.6. The molecule has 192 valence electrons. The van der Waals surface area contributed by atoms with E-state index < -0.39 is 22.7 Å². The molecular formula is C29H30FN3O4. The van der Waals surface area contributed by atoms with E-state index in [-0.39, 0.29) is 48.1 Å². The van der Waals surface area contributed by atoms with Crippen LogP contribution in [0.4, 0.5) is 10.1 Å². The first kappa shape index (κ1) is 26.0. The fourth-order valence-corrected chi connectivity index (χ4v) is 4.83. The van der Waals surface area contributed by atoms with Crippen molar-refractivity contribution in [1.82, 2.24) is 10.2 Å². The Labute approximate surface area is 215 Å². The van der Waals surface area contributed by atoms with Gasteiger partial charge in [0, 0.05) is 36.2 Å². The van der Waals surface area contributed by atoms with Crippen LogP contribution in [0.5, 0.6) is 0 Å². The SMILES string of the molecule is O=C(NC1CCCC1)[C@H](Cc1ccccc1)N(Cc1ccccc1F)C(=O)Cc1ccccc1[N+](=O)[O-]. The second-order valence-corrected chi connectivity index (χ2v) is 9.37. The number of hydrogen-bond donors (Lipinski definition) is 1. The number of para-hydroxylation sites is 1. The highest BCUT2D eigenvalue weighted by Crippen LogP contribution is 2.23. The lowest BCUT2D eigenvalue weighted by Gasteiger charge is -2.32. The number of hydrogen-bond acceptors (Lipinski definition) is 4. The fourth-order valence-electron chi connectivity index (χ4n) is 4.83. The molecule has 3 aromatic rings. The van der Waals surface area contributed by atoms with Crippen molar-refractivity contribution < 1.29 is 18.9 Å². The van der Waals surface area contributed by atoms with Crippen molar-refractivity contribution in [3.8, 4) is 0 Å². The summed E-state index contributed by atoms with van der Waals surface area (Å²) in [4.78, 5) is 39.8. The maximum Gasteiger partial charge on any atom is 0.273 e. The first-order valence-electron chi connectivity index (χ1n) is 12.5. The van der Waals surface area contributed by atoms with Gasteiger partial charge in [-0.15, -0.1) is 0 Å². The van der Waals surface area contributed by atoms with Crippen molar-refractivity contribution >= 4 is 17.5 Å². The van der Waals surface area contributed by atoms with Gasteiger partial charge in [-0.05, 0) is 24.5 Å². The smallest absolute Gasteiger partial charge is 0.273 e. The van der Waals surface area contributed by atoms with Crippen LogP contribution in [0.25, 0.3) is 0 Å². The number of carbonyl (C=O) groups is 2. The van der Waals surface area contributed by atoms with Gasteiger partial charge < -0.3 is 10.2 Å². The van der Waals surface area contributed by atoms with E-state index in [9.17, 15) is 24.1 Å². The van der Waals surface area contributed by atoms with Crippen molar-refractivity contribution in [3.63, 3.8) is 0 Å². The van der Waals surface area contributed by atoms with Gasteiger partial charge in [0.15, 0.2) is 0 Å². The normalized spacial score (nSPS) is 14.2. The van der Waals surface area contributed by atoms with E-state index in [1.807, 2.05) is 30.3 Å². The van der Waals surface area contributed by atoms with Gasteiger partial charge in [-0.25, -0.2) is 4.39 Å². The lowest BCUT2D eigenvalue weighted by Crippen LogP contribution is -2.52. The van der Waals surface area contributed by atoms with Crippen LogP contribution in [0.15, 0.2) is 78.9 Å². The molecule has 3 aromatic carbocycles. The number of nitro benzene ring substituents is 1. The van der Waals surface area contributed by atoms with Crippen molar-refractivity contribution in [3.05, 3.63) is 111 Å². The number of benzene rings is 3. The molecule has 8 heteroatoms. The largest absolute Gasteiger partial charge is 0.352 e. The molecule has 0 saturated heterocycles. The summed E-state index contributed by atoms with van der Waals surface area (Å²) in [5, 5.41) is 14.6. The monoisotopic (exact) mass is 503 g/mol. The highest BCUT2D eigenvalue weighted by atomic mass is 19.1. The lowest BCUT2D eigenvalue weighted by atomic mass is 10.0. The lowest BCUT2D eigenvalue weighted by molar-refractivity contribution is -0.385. The highest BCUT2D eigenvalue weighted by Gasteiger charge is 2.33. The molecule has 1 saturated carbocycles. The highest BCUT2D eigenvalue weighted by molar-refractivity contribution is 5.89. The van der Waals surface area contributed by atoms with Gasteiger partial charge in [-0.3, -0.25) is 19.7 Å². The number of nitrogens with zero attached hydrogens (tertiary/aromatic N) is 2. The summed E-state index contributed by atoms with van der Waals surface area (Å²) < 4.78 is 14.7. The Morgan fingerprint density at radius 2 is 1.57 bits per heavy atom. The van der Waals surface area contributed by atoms with Crippen LogP contribution in [-0.4, -0.2) is 33.7 Å². The number of amides is 2. The molecular weight excluding hydrogens is 473 g/mol. The summed E-state index contributed by atoms with van der Waals surface area (Å²) in [7, 11) is 0. The molecule has 2 amide bonds. The molecule has 1 aliphatic rings. The predicted octanol–water partition coefficient (Wildman–Crippen LogP) is 4.98. The summed E-state index contributed by atoms with van der Waals surface area (Å²) in [5.41, 5.74) is 1.19. The molecule has 0 aliphatic heterocycles. The van der Waals surface area contributed by atoms with Crippen molar-refractivity contribution in [1.29, 1.82) is 0 Å². The maximum absolute atomic E-state index is 14.7. The average molecular weight is 504 g/mol. The van der Waals surface area contributed by atoms with Crippen molar-refractivity contribution in [2.75, 3.05) is 0 Å². The van der Waals surface area contributed by atoms with E-state index in [1.54, 1.807) is 24.3 Å². The standard InChI is InChI=1S/C29H30FN3O4/c30-25-16-8-4-13-23(25)20-32(28(34)19-22-12-5-9-17-26(22)33(36)37)27(18-21-10-2-1-3-11-21)29(35)31-24-14-6-7-15-24/h1-5,8-13,16-17,24,27H,6-7,14-15,18-20H2,(H,31,35)/t27-/m0/s1. The Balaban J connectivity index is 1.70. The molecule has 1 atom stereocenters. The zero-order chi connectivity index (χ0) is 26.2. The Hall–Kier alpha value is -4.07. The Kier molecular flexibility index (Phi) is 8.61. The molecule has 7 nitrogen and oxygen atoms in total. The number of rotatable bonds is 10. The first-order valence-corrected chi connectivity index (χ1v) is 12.5. The summed E-state index contributed by atoms with van der Waals surface area (Å²) in [6.45, 7) is -0.137. The van der Waals surface area contributed by atoms with Crippen LogP contribution in [0, 0.1) is 15.9 Å². The minimum Gasteiger partial charge on any atom is -0.352 e. The predicted molar refractivity (Wildman–Crippen MR) is 138 cm³/mol. The van der Waals surface area contributed by atoms with Crippen LogP contribution >= 0.6 is 0 Å². The maximum atomic E-state index is 14.7. The number of halogens is 1. The molecule has 1 aliphatic carbocycles. The van der Waals surface area contributed by atoms with Gasteiger partial charge in [0.05, 0.1) is 11.3 Å². The molecule has 1 N–H and O–H groups in total. The average Bonchev–Trinajstić information content (AvgIpc) is 3.41. The van der Waals surface area contributed by atoms with E-state index in [4.69, 9.17) is 0 Å². The van der Waals surface area contributed by atoms with Gasteiger partial charge in [0.1, 0.15) is 11.9 Å². The topological polar surface area (TPSA) is 92.6 Å². The first-order chi connectivity index (χ1) is 17.9. The van der Waals surface area contributed by atoms with Crippen LogP contribution in [0.1, 0.15) is 42.4 Å². The Morgan fingerprint density at radius 3 is 2.24 bits per heavy atom. The quantitative estimate of drug-likeness (QED) is 0.312. The third kappa shape index (κ3) is 6.78. The van der Waals surface area contributed by atoms with Gasteiger partial charge in [0.2, 0.25) is 11.8 Å². The minimum absolute atomic E-state index is 0.0337. The van der Waals surface area contributed by atoms with Crippen LogP contribution in [-0.2, 0) is 29.0 Å². The van der Waals surface area contributed by atoms with Crippen molar-refractivity contribution in [2.45, 2.75) is 57.2 Å². The zero-order valence-corrected chi connectivity index (χ0v) is 20.5. The zero-order valence-electron chi connectivity index (χ0n) is 20.5. The Bertz CT molecular complexity index is 1240. The van der Waals surface area contributed by atoms with Gasteiger partial charge >= 0.3 is 0 Å². The molecule has 37 heavy (non-hydrogen) atoms. The Morgan fingerprint density at radius 1 is 0.946 bits per heavy atom. The summed E-state index contributed by atoms with van der Waals surface area (Å²) >= 11 is 0. The summed E-state index contributed by atoms with van der Waals surface area (Å²) in [6.07, 6.45) is 3.76. The van der Waals surface area contributed by atoms with Crippen LogP contribution < -0.4 is 5.32 Å². The molecule has 0 aromatic heterocycles. The third-order valence-electron chi connectivity index (χ3n) is 6.80. The van der Waals surface area contributed by atoms with Gasteiger partial charge in [0.25, 0.3) is 5.69 Å². The minimum atomic E-state index is -0.919. The molecule has 0 spiro atoms. The van der Waals surface area contributed by atoms with E-state index >= 15 is 0 Å². The number of carbonyl (C=O) groups excluding carboxylic acids is 2. The van der Waals surface area contributed by atoms with E-state index in [1.165, 1.54) is 29.2 Å². The van der Waals surface area contributed by atoms with E-state index in [2.05, 4.69) is 5.32 Å². The van der Waals surface area contributed by atoms with Crippen molar-refractivity contribution in [2.24, 2.45) is 0 Å². The van der Waals surface area contributed by atoms with E-state index in [0.29, 0.717) is 0 Å². The molecule has 0 heterocycles. The summed E-state index contributed by atoms with van der Waals surface area (Å²) in [5.74, 6) is -1.27. The molecule has 0 bridgehead atoms. The second kappa shape index (κ2) is 12.3. The number of nitrogens with one attached hydrogen (secondary N) is 1. The molecule has 0 radical (unpaired) electrons. The van der Waals surface area contributed by atoms with Crippen LogP contribution in [0.2, 0.25) is 0 Å². The second-order valence-electron chi connectivity index (χ2n) is 9.37. The number of nitro groups is 1. The van der Waals surface area contributed by atoms with Gasteiger partial charge in [-0.2, -0.15) is 0 Å². The molecule has 4 rings (SSSR count). The van der Waals surface area contributed by atoms with Crippen LogP contribution in [0.3, 0.4) is 0 Å². The van der Waals surface area contributed by atoms with E-state index in [0.717, 1.165) is 31.2 Å². The van der Waals surface area contributed by atoms with Gasteiger partial charge in [-0.1, -0.05) is 79.6 Å². The third-order valence-corrected chi connectivity index (χ3v) is 6.80. The molecule has 0 unspecified atom stereocenters. The fraction of sp³-hybridized carbons (Fsp3) is 0.310.